The van der Waals surface area contributed by atoms with Crippen LogP contribution in [0, 0.1) is 0 Å². The number of pyridine rings is 1. The standard InChI is InChI=1S/C22H27N3O2/c1-2-21-20(13-17(1)15-3-8-23-9-4-15)25-22-19(14-27-21)18(5-10-24-22)16-6-11-26-12-7-16/h1-2,5,10,13,15-16,23H,3-4,6-9,11-12,14H2,(H,24,25). The average molecular weight is 365 g/mol. The predicted molar refractivity (Wildman–Crippen MR) is 106 cm³/mol. The molecule has 0 radical (unpaired) electrons. The van der Waals surface area contributed by atoms with Crippen molar-refractivity contribution in [2.45, 2.75) is 44.1 Å². The Morgan fingerprint density at radius 3 is 2.67 bits per heavy atom. The molecule has 5 heteroatoms. The third kappa shape index (κ3) is 3.42. The minimum Gasteiger partial charge on any atom is -0.487 e. The Morgan fingerprint density at radius 1 is 0.963 bits per heavy atom. The van der Waals surface area contributed by atoms with Crippen LogP contribution in [0.1, 0.15) is 54.2 Å². The lowest BCUT2D eigenvalue weighted by molar-refractivity contribution is 0.0849. The van der Waals surface area contributed by atoms with Gasteiger partial charge in [-0.15, -0.1) is 0 Å². The molecule has 2 fully saturated rings. The van der Waals surface area contributed by atoms with E-state index in [0.717, 1.165) is 56.4 Å². The Labute approximate surface area is 160 Å². The van der Waals surface area contributed by atoms with Gasteiger partial charge in [0.15, 0.2) is 0 Å². The lowest BCUT2D eigenvalue weighted by Gasteiger charge is -2.25. The van der Waals surface area contributed by atoms with Crippen molar-refractivity contribution in [1.29, 1.82) is 0 Å². The number of piperidine rings is 1. The van der Waals surface area contributed by atoms with Crippen LogP contribution in [0.5, 0.6) is 5.75 Å². The molecule has 0 atom stereocenters. The zero-order chi connectivity index (χ0) is 18.1. The average Bonchev–Trinajstić information content (AvgIpc) is 2.93. The molecule has 0 bridgehead atoms. The number of ether oxygens (including phenoxy) is 2. The molecule has 1 aromatic carbocycles. The van der Waals surface area contributed by atoms with Crippen LogP contribution in [0.3, 0.4) is 0 Å². The van der Waals surface area contributed by atoms with E-state index in [1.807, 2.05) is 6.20 Å². The number of nitrogens with one attached hydrogen (secondary N) is 2. The van der Waals surface area contributed by atoms with Crippen molar-refractivity contribution in [3.63, 3.8) is 0 Å². The first-order valence-corrected chi connectivity index (χ1v) is 10.2. The van der Waals surface area contributed by atoms with E-state index in [1.165, 1.54) is 29.5 Å². The van der Waals surface area contributed by atoms with E-state index in [-0.39, 0.29) is 0 Å². The van der Waals surface area contributed by atoms with E-state index in [4.69, 9.17) is 9.47 Å². The van der Waals surface area contributed by atoms with Gasteiger partial charge in [-0.2, -0.15) is 0 Å². The van der Waals surface area contributed by atoms with Crippen LogP contribution in [0.15, 0.2) is 30.5 Å². The molecular formula is C22H27N3O2. The maximum Gasteiger partial charge on any atom is 0.143 e. The Balaban J connectivity index is 1.45. The van der Waals surface area contributed by atoms with Gasteiger partial charge in [-0.1, -0.05) is 6.07 Å². The van der Waals surface area contributed by atoms with Gasteiger partial charge in [-0.05, 0) is 79.9 Å². The van der Waals surface area contributed by atoms with Crippen LogP contribution in [0.2, 0.25) is 0 Å². The fourth-order valence-corrected chi connectivity index (χ4v) is 4.62. The molecule has 2 N–H and O–H groups in total. The van der Waals surface area contributed by atoms with Crippen molar-refractivity contribution in [1.82, 2.24) is 10.3 Å². The summed E-state index contributed by atoms with van der Waals surface area (Å²) >= 11 is 0. The maximum absolute atomic E-state index is 6.20. The van der Waals surface area contributed by atoms with Crippen molar-refractivity contribution in [3.8, 4) is 5.75 Å². The molecular weight excluding hydrogens is 338 g/mol. The first-order valence-electron chi connectivity index (χ1n) is 10.2. The number of nitrogens with zero attached hydrogens (tertiary/aromatic N) is 1. The molecule has 5 nitrogen and oxygen atoms in total. The molecule has 142 valence electrons. The van der Waals surface area contributed by atoms with Gasteiger partial charge in [-0.25, -0.2) is 4.98 Å². The second kappa shape index (κ2) is 7.49. The van der Waals surface area contributed by atoms with Gasteiger partial charge >= 0.3 is 0 Å². The molecule has 3 aliphatic rings. The van der Waals surface area contributed by atoms with Gasteiger partial charge in [0, 0.05) is 25.0 Å². The quantitative estimate of drug-likeness (QED) is 0.840. The number of fused-ring (bicyclic) bond motifs is 2. The Hall–Kier alpha value is -2.11. The Bertz CT molecular complexity index is 811. The van der Waals surface area contributed by atoms with Crippen LogP contribution in [-0.4, -0.2) is 31.3 Å². The molecule has 27 heavy (non-hydrogen) atoms. The first-order chi connectivity index (χ1) is 13.4. The molecule has 4 heterocycles. The monoisotopic (exact) mass is 365 g/mol. The van der Waals surface area contributed by atoms with Crippen molar-refractivity contribution in [3.05, 3.63) is 47.2 Å². The maximum atomic E-state index is 6.20. The highest BCUT2D eigenvalue weighted by molar-refractivity contribution is 5.69. The Kier molecular flexibility index (Phi) is 4.72. The molecule has 2 saturated heterocycles. The van der Waals surface area contributed by atoms with E-state index in [0.29, 0.717) is 18.4 Å². The summed E-state index contributed by atoms with van der Waals surface area (Å²) in [5, 5.41) is 7.03. The minimum absolute atomic E-state index is 0.535. The number of anilines is 2. The van der Waals surface area contributed by atoms with Gasteiger partial charge < -0.3 is 20.1 Å². The van der Waals surface area contributed by atoms with Crippen LogP contribution in [-0.2, 0) is 11.3 Å². The SMILES string of the molecule is c1cc(C2CCOCC2)c2c(n1)Nc1cc(C3CCNCC3)ccc1OC2. The number of hydrogen-bond acceptors (Lipinski definition) is 5. The molecule has 0 unspecified atom stereocenters. The highest BCUT2D eigenvalue weighted by atomic mass is 16.5. The lowest BCUT2D eigenvalue weighted by Crippen LogP contribution is -2.26. The predicted octanol–water partition coefficient (Wildman–Crippen LogP) is 4.08. The van der Waals surface area contributed by atoms with Gasteiger partial charge in [0.05, 0.1) is 5.69 Å². The molecule has 0 aliphatic carbocycles. The molecule has 1 aromatic heterocycles. The van der Waals surface area contributed by atoms with Crippen molar-refractivity contribution >= 4 is 11.5 Å². The normalized spacial score (nSPS) is 20.7. The summed E-state index contributed by atoms with van der Waals surface area (Å²) < 4.78 is 11.7. The summed E-state index contributed by atoms with van der Waals surface area (Å²) in [5.41, 5.74) is 5.00. The van der Waals surface area contributed by atoms with Crippen LogP contribution in [0.4, 0.5) is 11.5 Å². The van der Waals surface area contributed by atoms with E-state index in [2.05, 4.69) is 39.9 Å². The summed E-state index contributed by atoms with van der Waals surface area (Å²) in [5.74, 6) is 3.03. The summed E-state index contributed by atoms with van der Waals surface area (Å²) in [7, 11) is 0. The highest BCUT2D eigenvalue weighted by Crippen LogP contribution is 2.40. The number of benzene rings is 1. The summed E-state index contributed by atoms with van der Waals surface area (Å²) in [6, 6.07) is 8.79. The summed E-state index contributed by atoms with van der Waals surface area (Å²) in [6.45, 7) is 4.46. The molecule has 0 amide bonds. The molecule has 0 saturated carbocycles. The van der Waals surface area contributed by atoms with E-state index >= 15 is 0 Å². The second-order valence-corrected chi connectivity index (χ2v) is 7.81. The number of rotatable bonds is 2. The van der Waals surface area contributed by atoms with E-state index in [9.17, 15) is 0 Å². The molecule has 5 rings (SSSR count). The smallest absolute Gasteiger partial charge is 0.143 e. The van der Waals surface area contributed by atoms with Crippen LogP contribution >= 0.6 is 0 Å². The van der Waals surface area contributed by atoms with Crippen LogP contribution < -0.4 is 15.4 Å². The van der Waals surface area contributed by atoms with Crippen molar-refractivity contribution in [2.24, 2.45) is 0 Å². The zero-order valence-corrected chi connectivity index (χ0v) is 15.7. The fourth-order valence-electron chi connectivity index (χ4n) is 4.62. The van der Waals surface area contributed by atoms with Gasteiger partial charge in [0.1, 0.15) is 18.2 Å². The third-order valence-electron chi connectivity index (χ3n) is 6.19. The topological polar surface area (TPSA) is 55.4 Å². The zero-order valence-electron chi connectivity index (χ0n) is 15.7. The van der Waals surface area contributed by atoms with E-state index < -0.39 is 0 Å². The van der Waals surface area contributed by atoms with Crippen molar-refractivity contribution in [2.75, 3.05) is 31.6 Å². The van der Waals surface area contributed by atoms with Crippen LogP contribution in [0.25, 0.3) is 0 Å². The molecule has 3 aliphatic heterocycles. The number of hydrogen-bond donors (Lipinski definition) is 2. The largest absolute Gasteiger partial charge is 0.487 e. The van der Waals surface area contributed by atoms with E-state index in [1.54, 1.807) is 0 Å². The summed E-state index contributed by atoms with van der Waals surface area (Å²) in [6.07, 6.45) is 6.47. The lowest BCUT2D eigenvalue weighted by atomic mass is 9.89. The molecule has 0 spiro atoms. The minimum atomic E-state index is 0.535. The summed E-state index contributed by atoms with van der Waals surface area (Å²) in [4.78, 5) is 4.64. The van der Waals surface area contributed by atoms with Gasteiger partial charge in [-0.3, -0.25) is 0 Å². The van der Waals surface area contributed by atoms with Gasteiger partial charge in [0.25, 0.3) is 0 Å². The van der Waals surface area contributed by atoms with Gasteiger partial charge in [0.2, 0.25) is 0 Å². The molecule has 2 aromatic rings. The third-order valence-corrected chi connectivity index (χ3v) is 6.19. The number of aromatic nitrogens is 1. The second-order valence-electron chi connectivity index (χ2n) is 7.81. The highest BCUT2D eigenvalue weighted by Gasteiger charge is 2.25. The fraction of sp³-hybridized carbons (Fsp3) is 0.500. The first kappa shape index (κ1) is 17.0. The Morgan fingerprint density at radius 2 is 1.81 bits per heavy atom. The van der Waals surface area contributed by atoms with Crippen molar-refractivity contribution < 1.29 is 9.47 Å².